The van der Waals surface area contributed by atoms with E-state index >= 15 is 0 Å². The second kappa shape index (κ2) is 6.25. The molecule has 1 N–H and O–H groups in total. The van der Waals surface area contributed by atoms with Crippen LogP contribution in [0.1, 0.15) is 50.8 Å². The number of nitrogens with zero attached hydrogens (tertiary/aromatic N) is 1. The maximum absolute atomic E-state index is 12.7. The molecule has 3 nitrogen and oxygen atoms in total. The Hall–Kier alpha value is -1.00. The molecule has 2 fully saturated rings. The third-order valence-corrected chi connectivity index (χ3v) is 5.65. The first-order valence-electron chi connectivity index (χ1n) is 8.19. The zero-order chi connectivity index (χ0) is 15.7. The van der Waals surface area contributed by atoms with Crippen LogP contribution in [0.15, 0.2) is 24.3 Å². The second-order valence-corrected chi connectivity index (χ2v) is 8.36. The highest BCUT2D eigenvalue weighted by atomic mass is 32.2. The Kier molecular flexibility index (Phi) is 4.51. The van der Waals surface area contributed by atoms with Crippen molar-refractivity contribution in [1.82, 2.24) is 10.2 Å². The van der Waals surface area contributed by atoms with Crippen LogP contribution in [0.25, 0.3) is 0 Å². The summed E-state index contributed by atoms with van der Waals surface area (Å²) in [5, 5.41) is 3.31. The molecule has 0 spiro atoms. The molecular formula is C18H26N2OS. The summed E-state index contributed by atoms with van der Waals surface area (Å²) >= 11 is 1.81. The van der Waals surface area contributed by atoms with Gasteiger partial charge < -0.3 is 4.90 Å². The molecule has 120 valence electrons. The van der Waals surface area contributed by atoms with Crippen LogP contribution in [0.5, 0.6) is 0 Å². The number of hydrogen-bond acceptors (Lipinski definition) is 3. The molecule has 2 atom stereocenters. The molecule has 3 rings (SSSR count). The van der Waals surface area contributed by atoms with Crippen molar-refractivity contribution in [3.8, 4) is 0 Å². The van der Waals surface area contributed by atoms with Crippen LogP contribution in [0, 0.1) is 0 Å². The van der Waals surface area contributed by atoms with Gasteiger partial charge in [-0.25, -0.2) is 0 Å². The van der Waals surface area contributed by atoms with E-state index in [1.807, 2.05) is 11.8 Å². The Morgan fingerprint density at radius 2 is 2.00 bits per heavy atom. The van der Waals surface area contributed by atoms with Gasteiger partial charge in [0.05, 0.1) is 12.1 Å². The summed E-state index contributed by atoms with van der Waals surface area (Å²) in [6, 6.07) is 9.15. The van der Waals surface area contributed by atoms with Gasteiger partial charge in [0.1, 0.15) is 0 Å². The average molecular weight is 318 g/mol. The number of amides is 1. The lowest BCUT2D eigenvalue weighted by atomic mass is 9.86. The molecule has 2 aliphatic rings. The Bertz CT molecular complexity index is 529. The summed E-state index contributed by atoms with van der Waals surface area (Å²) in [6.07, 6.45) is 2.19. The average Bonchev–Trinajstić information content (AvgIpc) is 3.17. The predicted octanol–water partition coefficient (Wildman–Crippen LogP) is 3.31. The lowest BCUT2D eigenvalue weighted by Gasteiger charge is -2.28. The number of hydrogen-bond donors (Lipinski definition) is 1. The van der Waals surface area contributed by atoms with Crippen molar-refractivity contribution in [2.24, 2.45) is 0 Å². The van der Waals surface area contributed by atoms with Gasteiger partial charge in [0.25, 0.3) is 0 Å². The minimum absolute atomic E-state index is 0.0134. The van der Waals surface area contributed by atoms with Gasteiger partial charge in [0.2, 0.25) is 5.91 Å². The van der Waals surface area contributed by atoms with Crippen molar-refractivity contribution in [3.05, 3.63) is 35.4 Å². The molecule has 0 saturated carbocycles. The van der Waals surface area contributed by atoms with E-state index in [1.54, 1.807) is 0 Å². The molecule has 0 aromatic heterocycles. The van der Waals surface area contributed by atoms with E-state index in [0.29, 0.717) is 0 Å². The zero-order valence-electron chi connectivity index (χ0n) is 13.8. The fourth-order valence-corrected chi connectivity index (χ4v) is 4.27. The van der Waals surface area contributed by atoms with Crippen LogP contribution in [0.4, 0.5) is 0 Å². The summed E-state index contributed by atoms with van der Waals surface area (Å²) in [5.41, 5.74) is 2.81. The fraction of sp³-hybridized carbons (Fsp3) is 0.611. The van der Waals surface area contributed by atoms with Crippen molar-refractivity contribution >= 4 is 17.7 Å². The highest BCUT2D eigenvalue weighted by molar-refractivity contribution is 7.99. The third-order valence-electron chi connectivity index (χ3n) is 4.71. The number of likely N-dealkylation sites (tertiary alicyclic amines) is 1. The lowest BCUT2D eigenvalue weighted by Crippen LogP contribution is -2.44. The fourth-order valence-electron chi connectivity index (χ4n) is 3.34. The predicted molar refractivity (Wildman–Crippen MR) is 93.1 cm³/mol. The highest BCUT2D eigenvalue weighted by Crippen LogP contribution is 2.34. The van der Waals surface area contributed by atoms with Gasteiger partial charge in [0, 0.05) is 18.2 Å². The second-order valence-electron chi connectivity index (χ2n) is 7.33. The zero-order valence-corrected chi connectivity index (χ0v) is 14.6. The van der Waals surface area contributed by atoms with Gasteiger partial charge in [-0.1, -0.05) is 45.0 Å². The lowest BCUT2D eigenvalue weighted by molar-refractivity contribution is -0.133. The van der Waals surface area contributed by atoms with Crippen molar-refractivity contribution in [1.29, 1.82) is 0 Å². The van der Waals surface area contributed by atoms with Gasteiger partial charge in [-0.2, -0.15) is 0 Å². The van der Waals surface area contributed by atoms with Gasteiger partial charge in [-0.3, -0.25) is 10.1 Å². The van der Waals surface area contributed by atoms with E-state index in [0.717, 1.165) is 31.0 Å². The van der Waals surface area contributed by atoms with E-state index in [2.05, 4.69) is 55.3 Å². The molecule has 2 heterocycles. The van der Waals surface area contributed by atoms with Crippen molar-refractivity contribution in [2.45, 2.75) is 51.1 Å². The summed E-state index contributed by atoms with van der Waals surface area (Å²) in [5.74, 6) is 2.09. The quantitative estimate of drug-likeness (QED) is 0.908. The van der Waals surface area contributed by atoms with E-state index in [9.17, 15) is 4.79 Å². The van der Waals surface area contributed by atoms with Crippen LogP contribution >= 0.6 is 11.8 Å². The maximum Gasteiger partial charge on any atom is 0.241 e. The van der Waals surface area contributed by atoms with Crippen LogP contribution in [0.3, 0.4) is 0 Å². The number of carbonyl (C=O) groups is 1. The van der Waals surface area contributed by atoms with Gasteiger partial charge in [-0.05, 0) is 29.4 Å². The van der Waals surface area contributed by atoms with Crippen LogP contribution in [0.2, 0.25) is 0 Å². The first-order valence-corrected chi connectivity index (χ1v) is 9.34. The number of carbonyl (C=O) groups excluding carboxylic acids is 1. The molecule has 2 aliphatic heterocycles. The molecule has 1 aromatic rings. The monoisotopic (exact) mass is 318 g/mol. The van der Waals surface area contributed by atoms with E-state index in [-0.39, 0.29) is 23.4 Å². The van der Waals surface area contributed by atoms with Crippen LogP contribution < -0.4 is 5.32 Å². The van der Waals surface area contributed by atoms with E-state index in [4.69, 9.17) is 0 Å². The van der Waals surface area contributed by atoms with Crippen molar-refractivity contribution in [2.75, 3.05) is 18.2 Å². The number of rotatable bonds is 2. The number of nitrogens with one attached hydrogen (secondary N) is 1. The molecule has 0 radical (unpaired) electrons. The molecular weight excluding hydrogens is 292 g/mol. The first kappa shape index (κ1) is 15.9. The molecule has 1 aromatic carbocycles. The Labute approximate surface area is 137 Å². The van der Waals surface area contributed by atoms with E-state index in [1.165, 1.54) is 11.1 Å². The third kappa shape index (κ3) is 3.18. The molecule has 2 unspecified atom stereocenters. The van der Waals surface area contributed by atoms with Gasteiger partial charge >= 0.3 is 0 Å². The normalized spacial score (nSPS) is 25.7. The van der Waals surface area contributed by atoms with Crippen LogP contribution in [-0.4, -0.2) is 35.0 Å². The molecule has 0 aliphatic carbocycles. The van der Waals surface area contributed by atoms with Crippen LogP contribution in [-0.2, 0) is 10.2 Å². The Morgan fingerprint density at radius 3 is 2.59 bits per heavy atom. The Morgan fingerprint density at radius 1 is 1.27 bits per heavy atom. The highest BCUT2D eigenvalue weighted by Gasteiger charge is 2.35. The summed E-state index contributed by atoms with van der Waals surface area (Å²) in [7, 11) is 0. The number of benzene rings is 1. The first-order chi connectivity index (χ1) is 10.5. The minimum atomic E-state index is 0.0134. The Balaban J connectivity index is 1.76. The molecule has 22 heavy (non-hydrogen) atoms. The summed E-state index contributed by atoms with van der Waals surface area (Å²) in [6.45, 7) is 7.60. The SMILES string of the molecule is CC(C)(C)c1ccc(C2CCCN2C(=O)C2CSCN2)cc1. The molecule has 2 saturated heterocycles. The summed E-state index contributed by atoms with van der Waals surface area (Å²) in [4.78, 5) is 14.8. The van der Waals surface area contributed by atoms with Gasteiger partial charge in [0.15, 0.2) is 0 Å². The largest absolute Gasteiger partial charge is 0.334 e. The topological polar surface area (TPSA) is 32.3 Å². The maximum atomic E-state index is 12.7. The number of thioether (sulfide) groups is 1. The standard InChI is InChI=1S/C18H26N2OS/c1-18(2,3)14-8-6-13(7-9-14)16-5-4-10-20(16)17(21)15-11-22-12-19-15/h6-9,15-16,19H,4-5,10-12H2,1-3H3. The molecule has 1 amide bonds. The molecule has 4 heteroatoms. The van der Waals surface area contributed by atoms with Gasteiger partial charge in [-0.15, -0.1) is 11.8 Å². The smallest absolute Gasteiger partial charge is 0.241 e. The van der Waals surface area contributed by atoms with E-state index < -0.39 is 0 Å². The minimum Gasteiger partial charge on any atom is -0.334 e. The van der Waals surface area contributed by atoms with Crippen molar-refractivity contribution < 1.29 is 4.79 Å². The van der Waals surface area contributed by atoms with Crippen molar-refractivity contribution in [3.63, 3.8) is 0 Å². The summed E-state index contributed by atoms with van der Waals surface area (Å²) < 4.78 is 0. The molecule has 0 bridgehead atoms.